The summed E-state index contributed by atoms with van der Waals surface area (Å²) in [5.41, 5.74) is 1.25. The summed E-state index contributed by atoms with van der Waals surface area (Å²) in [6, 6.07) is 0. The maximum absolute atomic E-state index is 11.3. The van der Waals surface area contributed by atoms with E-state index in [9.17, 15) is 4.79 Å². The number of hydrogen-bond donors (Lipinski definition) is 0. The lowest BCUT2D eigenvalue weighted by molar-refractivity contribution is -0.118. The van der Waals surface area contributed by atoms with Crippen molar-refractivity contribution in [3.05, 3.63) is 11.6 Å². The lowest BCUT2D eigenvalue weighted by atomic mass is 9.55. The minimum absolute atomic E-state index is 0.0797. The molecule has 1 heteroatoms. The van der Waals surface area contributed by atoms with Crippen LogP contribution in [0.1, 0.15) is 40.0 Å². The molecule has 3 unspecified atom stereocenters. The molecule has 0 N–H and O–H groups in total. The number of allylic oxidation sites excluding steroid dienone is 2. The van der Waals surface area contributed by atoms with Crippen molar-refractivity contribution < 1.29 is 4.79 Å². The third kappa shape index (κ3) is 1.25. The quantitative estimate of drug-likeness (QED) is 0.485. The number of hydrogen-bond acceptors (Lipinski definition) is 1. The second kappa shape index (κ2) is 3.22. The first-order chi connectivity index (χ1) is 6.59. The highest BCUT2D eigenvalue weighted by Crippen LogP contribution is 2.53. The van der Waals surface area contributed by atoms with Gasteiger partial charge in [-0.15, -0.1) is 0 Å². The molecule has 0 aromatic carbocycles. The molecule has 2 bridgehead atoms. The zero-order valence-corrected chi connectivity index (χ0v) is 9.42. The minimum atomic E-state index is -0.0797. The van der Waals surface area contributed by atoms with Gasteiger partial charge in [0.1, 0.15) is 6.29 Å². The molecular formula is C13H20O. The van der Waals surface area contributed by atoms with Gasteiger partial charge in [0, 0.05) is 5.41 Å². The predicted octanol–water partition coefficient (Wildman–Crippen LogP) is 3.20. The number of carbonyl (C=O) groups is 1. The number of rotatable bonds is 2. The summed E-state index contributed by atoms with van der Waals surface area (Å²) >= 11 is 0. The molecule has 3 atom stereocenters. The van der Waals surface area contributed by atoms with Crippen molar-refractivity contribution in [1.29, 1.82) is 0 Å². The van der Waals surface area contributed by atoms with Gasteiger partial charge in [0.15, 0.2) is 0 Å². The molecule has 0 aromatic heterocycles. The summed E-state index contributed by atoms with van der Waals surface area (Å²) in [6.07, 6.45) is 6.99. The van der Waals surface area contributed by atoms with E-state index < -0.39 is 0 Å². The Kier molecular flexibility index (Phi) is 2.29. The Balaban J connectivity index is 2.33. The molecule has 1 saturated carbocycles. The van der Waals surface area contributed by atoms with Crippen LogP contribution in [0.15, 0.2) is 11.6 Å². The first-order valence-electron chi connectivity index (χ1n) is 5.74. The molecule has 0 aromatic rings. The van der Waals surface area contributed by atoms with Crippen LogP contribution < -0.4 is 0 Å². The van der Waals surface area contributed by atoms with Crippen molar-refractivity contribution in [2.24, 2.45) is 23.2 Å². The monoisotopic (exact) mass is 192 g/mol. The van der Waals surface area contributed by atoms with Crippen molar-refractivity contribution in [3.8, 4) is 0 Å². The molecule has 0 radical (unpaired) electrons. The highest BCUT2D eigenvalue weighted by Gasteiger charge is 2.46. The Morgan fingerprint density at radius 2 is 2.29 bits per heavy atom. The second-order valence-electron chi connectivity index (χ2n) is 5.44. The van der Waals surface area contributed by atoms with Crippen molar-refractivity contribution >= 4 is 6.29 Å². The molecule has 14 heavy (non-hydrogen) atoms. The molecule has 0 saturated heterocycles. The van der Waals surface area contributed by atoms with Gasteiger partial charge in [-0.1, -0.05) is 25.5 Å². The van der Waals surface area contributed by atoms with Crippen molar-refractivity contribution in [2.75, 3.05) is 0 Å². The largest absolute Gasteiger partial charge is 0.302 e. The fraction of sp³-hybridized carbons (Fsp3) is 0.769. The molecular weight excluding hydrogens is 172 g/mol. The second-order valence-corrected chi connectivity index (χ2v) is 5.44. The summed E-state index contributed by atoms with van der Waals surface area (Å²) in [5.74, 6) is 2.19. The van der Waals surface area contributed by atoms with Gasteiger partial charge < -0.3 is 4.79 Å². The summed E-state index contributed by atoms with van der Waals surface area (Å²) in [7, 11) is 0. The summed E-state index contributed by atoms with van der Waals surface area (Å²) in [6.45, 7) is 6.71. The molecule has 78 valence electrons. The van der Waals surface area contributed by atoms with Gasteiger partial charge in [0.2, 0.25) is 0 Å². The lowest BCUT2D eigenvalue weighted by Crippen LogP contribution is -2.41. The Hall–Kier alpha value is -0.590. The summed E-state index contributed by atoms with van der Waals surface area (Å²) in [5, 5.41) is 0. The van der Waals surface area contributed by atoms with E-state index in [4.69, 9.17) is 0 Å². The van der Waals surface area contributed by atoms with Crippen LogP contribution in [0.5, 0.6) is 0 Å². The van der Waals surface area contributed by atoms with Gasteiger partial charge >= 0.3 is 0 Å². The molecule has 0 spiro atoms. The van der Waals surface area contributed by atoms with Gasteiger partial charge in [-0.3, -0.25) is 0 Å². The van der Waals surface area contributed by atoms with Gasteiger partial charge in [-0.25, -0.2) is 0 Å². The van der Waals surface area contributed by atoms with Crippen molar-refractivity contribution in [3.63, 3.8) is 0 Å². The van der Waals surface area contributed by atoms with Crippen LogP contribution in [-0.2, 0) is 4.79 Å². The molecule has 0 heterocycles. The molecule has 3 rings (SSSR count). The Morgan fingerprint density at radius 1 is 1.57 bits per heavy atom. The Bertz CT molecular complexity index is 277. The van der Waals surface area contributed by atoms with E-state index in [2.05, 4.69) is 26.8 Å². The van der Waals surface area contributed by atoms with E-state index in [1.807, 2.05) is 0 Å². The van der Waals surface area contributed by atoms with Crippen LogP contribution in [0.4, 0.5) is 0 Å². The standard InChI is InChI=1S/C13H20O/c1-9(2)12-7-13(8-14)5-4-11(12)6-10(13)3/h6,8-9,11-12H,4-5,7H2,1-3H3. The summed E-state index contributed by atoms with van der Waals surface area (Å²) in [4.78, 5) is 11.3. The molecule has 3 aliphatic carbocycles. The normalized spacial score (nSPS) is 41.3. The molecule has 1 nitrogen and oxygen atoms in total. The topological polar surface area (TPSA) is 17.1 Å². The zero-order chi connectivity index (χ0) is 10.3. The molecule has 1 fully saturated rings. The van der Waals surface area contributed by atoms with E-state index in [1.165, 1.54) is 18.3 Å². The van der Waals surface area contributed by atoms with Gasteiger partial charge in [0.25, 0.3) is 0 Å². The lowest BCUT2D eigenvalue weighted by Gasteiger charge is -2.48. The van der Waals surface area contributed by atoms with Gasteiger partial charge in [0.05, 0.1) is 0 Å². The fourth-order valence-corrected chi connectivity index (χ4v) is 3.29. The third-order valence-electron chi connectivity index (χ3n) is 4.41. The number of carbonyl (C=O) groups excluding carboxylic acids is 1. The van der Waals surface area contributed by atoms with Crippen LogP contribution in [0.2, 0.25) is 0 Å². The average molecular weight is 192 g/mol. The maximum atomic E-state index is 11.3. The number of aldehydes is 1. The SMILES string of the molecule is CC1=CC2CCC1(C=O)CC2C(C)C. The average Bonchev–Trinajstić information content (AvgIpc) is 2.18. The van der Waals surface area contributed by atoms with E-state index in [0.717, 1.165) is 24.7 Å². The smallest absolute Gasteiger partial charge is 0.130 e. The summed E-state index contributed by atoms with van der Waals surface area (Å²) < 4.78 is 0. The highest BCUT2D eigenvalue weighted by atomic mass is 16.1. The van der Waals surface area contributed by atoms with Gasteiger partial charge in [-0.2, -0.15) is 0 Å². The van der Waals surface area contributed by atoms with Crippen LogP contribution in [0.25, 0.3) is 0 Å². The zero-order valence-electron chi connectivity index (χ0n) is 9.42. The van der Waals surface area contributed by atoms with Crippen molar-refractivity contribution in [1.82, 2.24) is 0 Å². The molecule has 0 aliphatic heterocycles. The Morgan fingerprint density at radius 3 is 2.79 bits per heavy atom. The molecule has 0 amide bonds. The maximum Gasteiger partial charge on any atom is 0.130 e. The van der Waals surface area contributed by atoms with E-state index in [-0.39, 0.29) is 5.41 Å². The van der Waals surface area contributed by atoms with E-state index in [0.29, 0.717) is 5.92 Å². The predicted molar refractivity (Wildman–Crippen MR) is 57.9 cm³/mol. The molecule has 3 aliphatic rings. The van der Waals surface area contributed by atoms with Crippen molar-refractivity contribution in [2.45, 2.75) is 40.0 Å². The van der Waals surface area contributed by atoms with Crippen LogP contribution in [-0.4, -0.2) is 6.29 Å². The Labute approximate surface area is 86.6 Å². The first-order valence-corrected chi connectivity index (χ1v) is 5.74. The van der Waals surface area contributed by atoms with E-state index >= 15 is 0 Å². The first kappa shape index (κ1) is 9.95. The fourth-order valence-electron chi connectivity index (χ4n) is 3.29. The van der Waals surface area contributed by atoms with Crippen LogP contribution in [0.3, 0.4) is 0 Å². The highest BCUT2D eigenvalue weighted by molar-refractivity contribution is 5.66. The van der Waals surface area contributed by atoms with Crippen LogP contribution >= 0.6 is 0 Å². The number of fused-ring (bicyclic) bond motifs is 2. The third-order valence-corrected chi connectivity index (χ3v) is 4.41. The van der Waals surface area contributed by atoms with Gasteiger partial charge in [-0.05, 0) is 43.9 Å². The van der Waals surface area contributed by atoms with E-state index in [1.54, 1.807) is 0 Å². The van der Waals surface area contributed by atoms with Crippen LogP contribution in [0, 0.1) is 23.2 Å². The minimum Gasteiger partial charge on any atom is -0.302 e.